The topological polar surface area (TPSA) is 70.8 Å². The van der Waals surface area contributed by atoms with Crippen LogP contribution in [0.1, 0.15) is 24.8 Å². The summed E-state index contributed by atoms with van der Waals surface area (Å²) in [6.45, 7) is 5.58. The molecule has 9 heteroatoms. The van der Waals surface area contributed by atoms with Gasteiger partial charge in [-0.25, -0.2) is 0 Å². The van der Waals surface area contributed by atoms with Crippen LogP contribution in [-0.2, 0) is 11.2 Å². The molecule has 1 aromatic heterocycles. The van der Waals surface area contributed by atoms with E-state index in [4.69, 9.17) is 20.9 Å². The van der Waals surface area contributed by atoms with Crippen LogP contribution in [0.25, 0.3) is 11.0 Å². The molecule has 0 spiro atoms. The van der Waals surface area contributed by atoms with Crippen LogP contribution in [0.2, 0.25) is 5.02 Å². The van der Waals surface area contributed by atoms with Gasteiger partial charge in [-0.15, -0.1) is 12.4 Å². The van der Waals surface area contributed by atoms with E-state index in [-0.39, 0.29) is 18.3 Å². The van der Waals surface area contributed by atoms with Gasteiger partial charge in [-0.1, -0.05) is 22.8 Å². The summed E-state index contributed by atoms with van der Waals surface area (Å²) in [5.41, 5.74) is 2.84. The SMILES string of the molecule is Cl.O=C1CCc2ccc(OCCCCN3CCN(c4noc5ccc(Cl)cc45)CC3)cc2N1. The molecule has 0 aliphatic carbocycles. The first-order valence-electron chi connectivity index (χ1n) is 11.2. The maximum atomic E-state index is 11.6. The third-order valence-corrected chi connectivity index (χ3v) is 6.43. The van der Waals surface area contributed by atoms with Gasteiger partial charge in [0, 0.05) is 49.4 Å². The standard InChI is InChI=1S/C24H27ClN4O3.ClH/c25-18-5-7-22-20(15-18)24(27-32-22)29-12-10-28(11-13-29)9-1-2-14-31-19-6-3-17-4-8-23(30)26-21(17)16-19;/h3,5-7,15-16H,1-2,4,8-14H2,(H,26,30);1H. The zero-order valence-corrected chi connectivity index (χ0v) is 20.0. The molecule has 1 N–H and O–H groups in total. The maximum Gasteiger partial charge on any atom is 0.224 e. The summed E-state index contributed by atoms with van der Waals surface area (Å²) in [4.78, 5) is 16.3. The van der Waals surface area contributed by atoms with Crippen LogP contribution in [0.15, 0.2) is 40.9 Å². The van der Waals surface area contributed by atoms with Crippen molar-refractivity contribution in [1.29, 1.82) is 0 Å². The minimum atomic E-state index is 0. The molecule has 0 radical (unpaired) electrons. The summed E-state index contributed by atoms with van der Waals surface area (Å²) < 4.78 is 11.4. The van der Waals surface area contributed by atoms with Gasteiger partial charge in [0.25, 0.3) is 0 Å². The molecule has 7 nitrogen and oxygen atoms in total. The Morgan fingerprint density at radius 2 is 1.91 bits per heavy atom. The monoisotopic (exact) mass is 490 g/mol. The second kappa shape index (κ2) is 10.6. The number of fused-ring (bicyclic) bond motifs is 2. The second-order valence-corrected chi connectivity index (χ2v) is 8.83. The molecule has 176 valence electrons. The number of amides is 1. The van der Waals surface area contributed by atoms with Gasteiger partial charge in [-0.2, -0.15) is 0 Å². The van der Waals surface area contributed by atoms with Crippen molar-refractivity contribution in [3.63, 3.8) is 0 Å². The molecule has 1 saturated heterocycles. The number of nitrogens with zero attached hydrogens (tertiary/aromatic N) is 3. The Hall–Kier alpha value is -2.48. The van der Waals surface area contributed by atoms with E-state index in [0.717, 1.165) is 80.2 Å². The Kier molecular flexibility index (Phi) is 7.63. The highest BCUT2D eigenvalue weighted by Gasteiger charge is 2.21. The van der Waals surface area contributed by atoms with Crippen molar-refractivity contribution >= 4 is 52.4 Å². The van der Waals surface area contributed by atoms with E-state index in [1.807, 2.05) is 30.3 Å². The van der Waals surface area contributed by atoms with Crippen LogP contribution < -0.4 is 15.0 Å². The highest BCUT2D eigenvalue weighted by Crippen LogP contribution is 2.29. The molecular weight excluding hydrogens is 463 g/mol. The van der Waals surface area contributed by atoms with E-state index in [0.29, 0.717) is 18.1 Å². The first-order chi connectivity index (χ1) is 15.7. The number of carbonyl (C=O) groups is 1. The lowest BCUT2D eigenvalue weighted by molar-refractivity contribution is -0.116. The lowest BCUT2D eigenvalue weighted by Gasteiger charge is -2.34. The predicted molar refractivity (Wildman–Crippen MR) is 133 cm³/mol. The molecule has 0 saturated carbocycles. The average Bonchev–Trinajstić information content (AvgIpc) is 3.22. The molecule has 2 aliphatic heterocycles. The molecule has 0 bridgehead atoms. The highest BCUT2D eigenvalue weighted by atomic mass is 35.5. The van der Waals surface area contributed by atoms with E-state index in [9.17, 15) is 4.79 Å². The second-order valence-electron chi connectivity index (χ2n) is 8.40. The van der Waals surface area contributed by atoms with Crippen molar-refractivity contribution in [1.82, 2.24) is 10.1 Å². The summed E-state index contributed by atoms with van der Waals surface area (Å²) in [5.74, 6) is 1.78. The smallest absolute Gasteiger partial charge is 0.224 e. The molecule has 3 aromatic rings. The number of hydrogen-bond donors (Lipinski definition) is 1. The molecule has 3 heterocycles. The van der Waals surface area contributed by atoms with Gasteiger partial charge in [0.05, 0.1) is 12.0 Å². The Balaban J connectivity index is 0.00000259. The summed E-state index contributed by atoms with van der Waals surface area (Å²) >= 11 is 6.15. The van der Waals surface area contributed by atoms with Gasteiger partial charge in [0.1, 0.15) is 5.75 Å². The number of aromatic nitrogens is 1. The van der Waals surface area contributed by atoms with Gasteiger partial charge in [0.2, 0.25) is 5.91 Å². The van der Waals surface area contributed by atoms with Crippen molar-refractivity contribution < 1.29 is 14.1 Å². The summed E-state index contributed by atoms with van der Waals surface area (Å²) in [5, 5.41) is 8.86. The quantitative estimate of drug-likeness (QED) is 0.481. The average molecular weight is 491 g/mol. The number of halogens is 2. The van der Waals surface area contributed by atoms with Crippen molar-refractivity contribution in [2.45, 2.75) is 25.7 Å². The van der Waals surface area contributed by atoms with Crippen LogP contribution in [0, 0.1) is 0 Å². The van der Waals surface area contributed by atoms with E-state index < -0.39 is 0 Å². The number of piperazine rings is 1. The van der Waals surface area contributed by atoms with Gasteiger partial charge in [0.15, 0.2) is 11.4 Å². The van der Waals surface area contributed by atoms with E-state index >= 15 is 0 Å². The number of carbonyl (C=O) groups excluding carboxylic acids is 1. The number of ether oxygens (including phenoxy) is 1. The van der Waals surface area contributed by atoms with Crippen molar-refractivity contribution in [2.75, 3.05) is 49.5 Å². The van der Waals surface area contributed by atoms with Crippen LogP contribution in [0.3, 0.4) is 0 Å². The molecule has 2 aliphatic rings. The molecule has 5 rings (SSSR count). The summed E-state index contributed by atoms with van der Waals surface area (Å²) in [6, 6.07) is 11.6. The molecule has 1 fully saturated rings. The number of anilines is 2. The fourth-order valence-electron chi connectivity index (χ4n) is 4.38. The Bertz CT molecular complexity index is 1110. The van der Waals surface area contributed by atoms with Crippen molar-refractivity contribution in [3.05, 3.63) is 47.0 Å². The molecule has 2 aromatic carbocycles. The fourth-order valence-corrected chi connectivity index (χ4v) is 4.55. The molecule has 0 atom stereocenters. The third-order valence-electron chi connectivity index (χ3n) is 6.20. The fraction of sp³-hybridized carbons (Fsp3) is 0.417. The van der Waals surface area contributed by atoms with Crippen LogP contribution in [0.5, 0.6) is 5.75 Å². The number of hydrogen-bond acceptors (Lipinski definition) is 6. The third kappa shape index (κ3) is 5.54. The summed E-state index contributed by atoms with van der Waals surface area (Å²) in [7, 11) is 0. The molecule has 0 unspecified atom stereocenters. The number of rotatable bonds is 7. The minimum absolute atomic E-state index is 0. The van der Waals surface area contributed by atoms with Crippen LogP contribution >= 0.6 is 24.0 Å². The Labute approximate surface area is 204 Å². The lowest BCUT2D eigenvalue weighted by atomic mass is 10.0. The Morgan fingerprint density at radius 3 is 2.76 bits per heavy atom. The zero-order chi connectivity index (χ0) is 21.9. The van der Waals surface area contributed by atoms with Gasteiger partial charge < -0.3 is 19.5 Å². The first kappa shape index (κ1) is 23.7. The van der Waals surface area contributed by atoms with Crippen LogP contribution in [0.4, 0.5) is 11.5 Å². The van der Waals surface area contributed by atoms with Crippen molar-refractivity contribution in [3.8, 4) is 5.75 Å². The number of benzene rings is 2. The van der Waals surface area contributed by atoms with Crippen molar-refractivity contribution in [2.24, 2.45) is 0 Å². The predicted octanol–water partition coefficient (Wildman–Crippen LogP) is 4.77. The first-order valence-corrected chi connectivity index (χ1v) is 11.6. The van der Waals surface area contributed by atoms with Gasteiger partial charge in [-0.3, -0.25) is 9.69 Å². The lowest BCUT2D eigenvalue weighted by Crippen LogP contribution is -2.46. The number of nitrogens with one attached hydrogen (secondary N) is 1. The van der Waals surface area contributed by atoms with Crippen LogP contribution in [-0.4, -0.2) is 55.3 Å². The van der Waals surface area contributed by atoms with E-state index in [2.05, 4.69) is 26.3 Å². The molecule has 1 amide bonds. The van der Waals surface area contributed by atoms with E-state index in [1.165, 1.54) is 5.56 Å². The zero-order valence-electron chi connectivity index (χ0n) is 18.4. The Morgan fingerprint density at radius 1 is 1.06 bits per heavy atom. The number of aryl methyl sites for hydroxylation is 1. The minimum Gasteiger partial charge on any atom is -0.494 e. The molecular formula is C24H28Cl2N4O3. The largest absolute Gasteiger partial charge is 0.494 e. The molecule has 33 heavy (non-hydrogen) atoms. The highest BCUT2D eigenvalue weighted by molar-refractivity contribution is 6.31. The normalized spacial score (nSPS) is 16.3. The summed E-state index contributed by atoms with van der Waals surface area (Å²) in [6.07, 6.45) is 3.45. The van der Waals surface area contributed by atoms with Gasteiger partial charge >= 0.3 is 0 Å². The maximum absolute atomic E-state index is 11.6. The van der Waals surface area contributed by atoms with Gasteiger partial charge in [-0.05, 0) is 55.6 Å². The van der Waals surface area contributed by atoms with E-state index in [1.54, 1.807) is 0 Å². The number of unbranched alkanes of at least 4 members (excludes halogenated alkanes) is 1.